The first-order valence-electron chi connectivity index (χ1n) is 6.29. The van der Waals surface area contributed by atoms with Crippen molar-refractivity contribution in [2.75, 3.05) is 0 Å². The fourth-order valence-corrected chi connectivity index (χ4v) is 1.88. The maximum absolute atomic E-state index is 2.35. The van der Waals surface area contributed by atoms with Crippen molar-refractivity contribution in [3.05, 3.63) is 30.1 Å². The van der Waals surface area contributed by atoms with Crippen LogP contribution < -0.4 is 4.57 Å². The third-order valence-electron chi connectivity index (χ3n) is 2.92. The molecule has 0 atom stereocenters. The maximum atomic E-state index is 2.35. The first-order valence-corrected chi connectivity index (χ1v) is 6.29. The molecule has 0 aliphatic heterocycles. The zero-order valence-electron chi connectivity index (χ0n) is 10.2. The van der Waals surface area contributed by atoms with Crippen LogP contribution in [-0.2, 0) is 6.54 Å². The lowest BCUT2D eigenvalue weighted by Crippen LogP contribution is -2.36. The Morgan fingerprint density at radius 3 is 2.47 bits per heavy atom. The molecule has 1 aromatic rings. The van der Waals surface area contributed by atoms with Crippen LogP contribution in [0.1, 0.15) is 51.1 Å². The van der Waals surface area contributed by atoms with E-state index in [1.807, 2.05) is 0 Å². The Morgan fingerprint density at radius 1 is 1.00 bits per heavy atom. The molecule has 0 amide bonds. The molecule has 0 bridgehead atoms. The van der Waals surface area contributed by atoms with E-state index in [1.165, 1.54) is 50.8 Å². The highest BCUT2D eigenvalue weighted by Gasteiger charge is 2.02. The standard InChI is InChI=1S/C14H24N/c1-3-4-5-6-7-9-12-15-13-10-8-11-14(15)2/h8,10-11,13H,3-7,9,12H2,1-2H3/q+1. The van der Waals surface area contributed by atoms with Crippen molar-refractivity contribution >= 4 is 0 Å². The van der Waals surface area contributed by atoms with Gasteiger partial charge in [0.1, 0.15) is 6.54 Å². The fraction of sp³-hybridized carbons (Fsp3) is 0.643. The molecule has 1 aromatic heterocycles. The number of aromatic nitrogens is 1. The van der Waals surface area contributed by atoms with Crippen molar-refractivity contribution in [3.63, 3.8) is 0 Å². The first-order chi connectivity index (χ1) is 7.34. The van der Waals surface area contributed by atoms with Crippen LogP contribution in [0, 0.1) is 6.92 Å². The minimum atomic E-state index is 1.18. The minimum Gasteiger partial charge on any atom is -0.203 e. The van der Waals surface area contributed by atoms with Gasteiger partial charge in [0.25, 0.3) is 0 Å². The van der Waals surface area contributed by atoms with Crippen molar-refractivity contribution in [3.8, 4) is 0 Å². The monoisotopic (exact) mass is 206 g/mol. The van der Waals surface area contributed by atoms with E-state index in [1.54, 1.807) is 0 Å². The summed E-state index contributed by atoms with van der Waals surface area (Å²) in [5, 5.41) is 0. The molecular weight excluding hydrogens is 182 g/mol. The van der Waals surface area contributed by atoms with Gasteiger partial charge in [0, 0.05) is 25.5 Å². The van der Waals surface area contributed by atoms with E-state index < -0.39 is 0 Å². The molecule has 0 spiro atoms. The van der Waals surface area contributed by atoms with Crippen LogP contribution in [0.3, 0.4) is 0 Å². The van der Waals surface area contributed by atoms with Crippen molar-refractivity contribution in [1.82, 2.24) is 0 Å². The van der Waals surface area contributed by atoms with E-state index in [0.717, 1.165) is 0 Å². The smallest absolute Gasteiger partial charge is 0.178 e. The first kappa shape index (κ1) is 12.2. The average molecular weight is 206 g/mol. The Bertz CT molecular complexity index is 268. The normalized spacial score (nSPS) is 10.5. The summed E-state index contributed by atoms with van der Waals surface area (Å²) in [7, 11) is 0. The SMILES string of the molecule is CCCCCCCC[n+]1ccccc1C. The van der Waals surface area contributed by atoms with Crippen LogP contribution in [0.5, 0.6) is 0 Å². The second-order valence-corrected chi connectivity index (χ2v) is 4.30. The molecule has 0 radical (unpaired) electrons. The molecule has 0 aliphatic carbocycles. The third-order valence-corrected chi connectivity index (χ3v) is 2.92. The molecule has 0 aliphatic rings. The molecule has 1 nitrogen and oxygen atoms in total. The highest BCUT2D eigenvalue weighted by atomic mass is 14.9. The summed E-state index contributed by atoms with van der Waals surface area (Å²) in [4.78, 5) is 0. The second kappa shape index (κ2) is 7.44. The predicted molar refractivity (Wildman–Crippen MR) is 64.8 cm³/mol. The van der Waals surface area contributed by atoms with E-state index in [-0.39, 0.29) is 0 Å². The van der Waals surface area contributed by atoms with Gasteiger partial charge in [-0.25, -0.2) is 4.57 Å². The van der Waals surface area contributed by atoms with E-state index >= 15 is 0 Å². The topological polar surface area (TPSA) is 3.88 Å². The second-order valence-electron chi connectivity index (χ2n) is 4.30. The van der Waals surface area contributed by atoms with Crippen LogP contribution in [-0.4, -0.2) is 0 Å². The lowest BCUT2D eigenvalue weighted by Gasteiger charge is -2.00. The van der Waals surface area contributed by atoms with Gasteiger partial charge in [-0.2, -0.15) is 0 Å². The molecule has 0 saturated carbocycles. The molecule has 15 heavy (non-hydrogen) atoms. The summed E-state index contributed by atoms with van der Waals surface area (Å²) in [5.41, 5.74) is 1.37. The van der Waals surface area contributed by atoms with Gasteiger partial charge < -0.3 is 0 Å². The Morgan fingerprint density at radius 2 is 1.73 bits per heavy atom. The van der Waals surface area contributed by atoms with Crippen LogP contribution >= 0.6 is 0 Å². The number of pyridine rings is 1. The van der Waals surface area contributed by atoms with Gasteiger partial charge in [-0.3, -0.25) is 0 Å². The van der Waals surface area contributed by atoms with Gasteiger partial charge in [-0.05, 0) is 6.42 Å². The molecule has 1 heteroatoms. The largest absolute Gasteiger partial charge is 0.203 e. The Labute approximate surface area is 94.1 Å². The Hall–Kier alpha value is -0.850. The van der Waals surface area contributed by atoms with Crippen LogP contribution in [0.25, 0.3) is 0 Å². The minimum absolute atomic E-state index is 1.18. The molecule has 0 N–H and O–H groups in total. The number of hydrogen-bond acceptors (Lipinski definition) is 0. The zero-order valence-corrected chi connectivity index (χ0v) is 10.2. The maximum Gasteiger partial charge on any atom is 0.178 e. The summed E-state index contributed by atoms with van der Waals surface area (Å²) < 4.78 is 2.35. The van der Waals surface area contributed by atoms with Gasteiger partial charge in [0.15, 0.2) is 11.9 Å². The lowest BCUT2D eigenvalue weighted by atomic mass is 10.1. The molecule has 0 saturated heterocycles. The molecule has 1 heterocycles. The molecular formula is C14H24N+. The summed E-state index contributed by atoms with van der Waals surface area (Å²) in [5.74, 6) is 0. The highest BCUT2D eigenvalue weighted by Crippen LogP contribution is 2.04. The van der Waals surface area contributed by atoms with Crippen molar-refractivity contribution in [2.45, 2.75) is 58.9 Å². The van der Waals surface area contributed by atoms with E-state index in [9.17, 15) is 0 Å². The van der Waals surface area contributed by atoms with Crippen LogP contribution in [0.15, 0.2) is 24.4 Å². The summed E-state index contributed by atoms with van der Waals surface area (Å²) in [6, 6.07) is 6.40. The molecule has 1 rings (SSSR count). The summed E-state index contributed by atoms with van der Waals surface area (Å²) in [6.45, 7) is 5.62. The van der Waals surface area contributed by atoms with E-state index in [4.69, 9.17) is 0 Å². The van der Waals surface area contributed by atoms with Gasteiger partial charge in [-0.1, -0.05) is 38.7 Å². The zero-order chi connectivity index (χ0) is 10.9. The lowest BCUT2D eigenvalue weighted by molar-refractivity contribution is -0.703. The molecule has 0 unspecified atom stereocenters. The van der Waals surface area contributed by atoms with Crippen molar-refractivity contribution in [2.24, 2.45) is 0 Å². The van der Waals surface area contributed by atoms with Gasteiger partial charge in [0.2, 0.25) is 0 Å². The van der Waals surface area contributed by atoms with Crippen molar-refractivity contribution < 1.29 is 4.57 Å². The number of aryl methyl sites for hydroxylation is 2. The molecule has 0 aromatic carbocycles. The Kier molecular flexibility index (Phi) is 6.06. The van der Waals surface area contributed by atoms with Crippen molar-refractivity contribution in [1.29, 1.82) is 0 Å². The van der Waals surface area contributed by atoms with Gasteiger partial charge in [-0.15, -0.1) is 0 Å². The predicted octanol–water partition coefficient (Wildman–Crippen LogP) is 3.64. The van der Waals surface area contributed by atoms with E-state index in [0.29, 0.717) is 0 Å². The van der Waals surface area contributed by atoms with Gasteiger partial charge in [0.05, 0.1) is 0 Å². The number of rotatable bonds is 7. The third kappa shape index (κ3) is 4.96. The number of hydrogen-bond donors (Lipinski definition) is 0. The fourth-order valence-electron chi connectivity index (χ4n) is 1.88. The summed E-state index contributed by atoms with van der Waals surface area (Å²) in [6.07, 6.45) is 10.4. The van der Waals surface area contributed by atoms with E-state index in [2.05, 4.69) is 42.8 Å². The average Bonchev–Trinajstić information content (AvgIpc) is 2.25. The van der Waals surface area contributed by atoms with Gasteiger partial charge >= 0.3 is 0 Å². The van der Waals surface area contributed by atoms with Crippen LogP contribution in [0.2, 0.25) is 0 Å². The molecule has 84 valence electrons. The Balaban J connectivity index is 2.12. The number of unbranched alkanes of at least 4 members (excludes halogenated alkanes) is 5. The van der Waals surface area contributed by atoms with Crippen LogP contribution in [0.4, 0.5) is 0 Å². The quantitative estimate of drug-likeness (QED) is 0.473. The molecule has 0 fully saturated rings. The number of nitrogens with zero attached hydrogens (tertiary/aromatic N) is 1. The summed E-state index contributed by atoms with van der Waals surface area (Å²) >= 11 is 0. The highest BCUT2D eigenvalue weighted by molar-refractivity contribution is 4.93.